The second kappa shape index (κ2) is 6.17. The first-order valence-corrected chi connectivity index (χ1v) is 7.37. The van der Waals surface area contributed by atoms with Crippen LogP contribution in [0.2, 0.25) is 0 Å². The molecule has 0 aromatic carbocycles. The number of thiophene rings is 1. The van der Waals surface area contributed by atoms with E-state index in [0.717, 1.165) is 11.3 Å². The van der Waals surface area contributed by atoms with E-state index in [9.17, 15) is 18.7 Å². The summed E-state index contributed by atoms with van der Waals surface area (Å²) in [5, 5.41) is 14.1. The maximum absolute atomic E-state index is 12.3. The van der Waals surface area contributed by atoms with E-state index in [2.05, 4.69) is 5.32 Å². The quantitative estimate of drug-likeness (QED) is 0.816. The lowest BCUT2D eigenvalue weighted by atomic mass is 10.0. The average molecular weight is 309 g/mol. The van der Waals surface area contributed by atoms with Gasteiger partial charge < -0.3 is 15.2 Å². The van der Waals surface area contributed by atoms with Gasteiger partial charge in [0.1, 0.15) is 10.5 Å². The Morgan fingerprint density at radius 1 is 1.68 bits per heavy atom. The van der Waals surface area contributed by atoms with Crippen LogP contribution >= 0.6 is 23.1 Å². The molecular weight excluding hydrogens is 296 g/mol. The summed E-state index contributed by atoms with van der Waals surface area (Å²) in [7, 11) is 0. The van der Waals surface area contributed by atoms with Gasteiger partial charge >= 0.3 is 0 Å². The zero-order valence-electron chi connectivity index (χ0n) is 9.90. The van der Waals surface area contributed by atoms with Crippen LogP contribution in [0.15, 0.2) is 16.3 Å². The summed E-state index contributed by atoms with van der Waals surface area (Å²) in [5.41, 5.74) is -1.05. The molecule has 0 saturated carbocycles. The lowest BCUT2D eigenvalue weighted by Crippen LogP contribution is -2.43. The van der Waals surface area contributed by atoms with Crippen molar-refractivity contribution in [3.8, 4) is 0 Å². The van der Waals surface area contributed by atoms with Crippen molar-refractivity contribution >= 4 is 29.0 Å². The first-order valence-electron chi connectivity index (χ1n) is 5.61. The number of hydrogen-bond acceptors (Lipinski definition) is 5. The van der Waals surface area contributed by atoms with Gasteiger partial charge in [0, 0.05) is 24.5 Å². The zero-order chi connectivity index (χ0) is 13.9. The number of nitrogens with one attached hydrogen (secondary N) is 1. The van der Waals surface area contributed by atoms with Gasteiger partial charge in [0.05, 0.1) is 6.61 Å². The fourth-order valence-corrected chi connectivity index (χ4v) is 3.33. The molecule has 2 N–H and O–H groups in total. The molecule has 106 valence electrons. The van der Waals surface area contributed by atoms with Crippen LogP contribution in [0.5, 0.6) is 0 Å². The number of carbonyl (C=O) groups is 1. The van der Waals surface area contributed by atoms with Crippen molar-refractivity contribution in [2.75, 3.05) is 19.8 Å². The molecule has 19 heavy (non-hydrogen) atoms. The van der Waals surface area contributed by atoms with Crippen LogP contribution in [0, 0.1) is 0 Å². The van der Waals surface area contributed by atoms with E-state index in [1.54, 1.807) is 5.38 Å². The van der Waals surface area contributed by atoms with Gasteiger partial charge in [-0.25, -0.2) is 0 Å². The molecule has 1 saturated heterocycles. The number of amides is 1. The predicted octanol–water partition coefficient (Wildman–Crippen LogP) is 1.94. The Labute approximate surface area is 117 Å². The van der Waals surface area contributed by atoms with Crippen molar-refractivity contribution in [2.24, 2.45) is 0 Å². The topological polar surface area (TPSA) is 58.6 Å². The molecule has 1 fully saturated rings. The molecule has 2 heterocycles. The highest BCUT2D eigenvalue weighted by Gasteiger charge is 2.33. The molecule has 1 aromatic rings. The zero-order valence-corrected chi connectivity index (χ0v) is 11.5. The summed E-state index contributed by atoms with van der Waals surface area (Å²) in [6.07, 6.45) is 0.455. The predicted molar refractivity (Wildman–Crippen MR) is 68.9 cm³/mol. The second-order valence-electron chi connectivity index (χ2n) is 4.20. The molecule has 0 spiro atoms. The maximum atomic E-state index is 12.3. The normalized spacial score (nSPS) is 22.9. The van der Waals surface area contributed by atoms with Crippen LogP contribution < -0.4 is 5.32 Å². The third-order valence-corrected chi connectivity index (χ3v) is 4.53. The van der Waals surface area contributed by atoms with Gasteiger partial charge in [0.25, 0.3) is 11.7 Å². The van der Waals surface area contributed by atoms with E-state index in [0.29, 0.717) is 24.8 Å². The van der Waals surface area contributed by atoms with Crippen LogP contribution in [0.3, 0.4) is 0 Å². The Balaban J connectivity index is 1.94. The second-order valence-corrected chi connectivity index (χ2v) is 6.15. The van der Waals surface area contributed by atoms with Crippen LogP contribution in [-0.2, 0) is 4.74 Å². The number of carbonyl (C=O) groups excluding carboxylic acids is 1. The van der Waals surface area contributed by atoms with Crippen molar-refractivity contribution in [1.29, 1.82) is 0 Å². The van der Waals surface area contributed by atoms with Crippen LogP contribution in [0.25, 0.3) is 0 Å². The lowest BCUT2D eigenvalue weighted by Gasteiger charge is -2.20. The molecule has 0 aliphatic carbocycles. The molecule has 0 radical (unpaired) electrons. The number of ether oxygens (including phenoxy) is 1. The fourth-order valence-electron chi connectivity index (χ4n) is 1.71. The molecule has 1 aliphatic rings. The van der Waals surface area contributed by atoms with E-state index in [1.165, 1.54) is 6.07 Å². The molecule has 0 unspecified atom stereocenters. The molecular formula is C11H13F2NO3S2. The molecule has 1 aromatic heterocycles. The third kappa shape index (κ3) is 3.88. The first kappa shape index (κ1) is 14.7. The molecule has 1 amide bonds. The molecule has 2 rings (SSSR count). The number of aliphatic hydroxyl groups is 1. The van der Waals surface area contributed by atoms with Crippen LogP contribution in [-0.4, -0.2) is 42.1 Å². The van der Waals surface area contributed by atoms with Gasteiger partial charge in [-0.15, -0.1) is 11.3 Å². The Morgan fingerprint density at radius 3 is 3.11 bits per heavy atom. The van der Waals surface area contributed by atoms with Crippen molar-refractivity contribution < 1.29 is 23.4 Å². The van der Waals surface area contributed by atoms with E-state index >= 15 is 0 Å². The summed E-state index contributed by atoms with van der Waals surface area (Å²) >= 11 is 1.45. The van der Waals surface area contributed by atoms with Gasteiger partial charge in [0.2, 0.25) is 0 Å². The van der Waals surface area contributed by atoms with Crippen LogP contribution in [0.4, 0.5) is 8.78 Å². The number of hydrogen-bond donors (Lipinski definition) is 2. The Hall–Kier alpha value is -0.700. The summed E-state index contributed by atoms with van der Waals surface area (Å²) in [4.78, 5) is 12.4. The van der Waals surface area contributed by atoms with Gasteiger partial charge in [-0.2, -0.15) is 8.78 Å². The minimum atomic E-state index is -2.56. The highest BCUT2D eigenvalue weighted by atomic mass is 32.2. The monoisotopic (exact) mass is 309 g/mol. The third-order valence-electron chi connectivity index (χ3n) is 2.71. The smallest absolute Gasteiger partial charge is 0.288 e. The summed E-state index contributed by atoms with van der Waals surface area (Å²) in [6, 6.07) is 1.49. The Kier molecular flexibility index (Phi) is 4.77. The Bertz CT molecular complexity index is 447. The number of halogens is 2. The van der Waals surface area contributed by atoms with Gasteiger partial charge in [0.15, 0.2) is 0 Å². The number of alkyl halides is 2. The highest BCUT2D eigenvalue weighted by Crippen LogP contribution is 2.32. The minimum absolute atomic E-state index is 0.0581. The SMILES string of the molecule is O=C(NC[C@]1(O)CCOC1)c1sccc1SC(F)F. The molecule has 1 atom stereocenters. The molecule has 0 bridgehead atoms. The fraction of sp³-hybridized carbons (Fsp3) is 0.545. The summed E-state index contributed by atoms with van der Waals surface area (Å²) in [6.45, 7) is 0.691. The van der Waals surface area contributed by atoms with E-state index in [-0.39, 0.29) is 22.9 Å². The average Bonchev–Trinajstić information content (AvgIpc) is 2.95. The highest BCUT2D eigenvalue weighted by molar-refractivity contribution is 7.99. The summed E-state index contributed by atoms with van der Waals surface area (Å²) < 4.78 is 29.7. The van der Waals surface area contributed by atoms with Gasteiger partial charge in [-0.1, -0.05) is 11.8 Å². The number of thioether (sulfide) groups is 1. The first-order chi connectivity index (χ1) is 9.00. The minimum Gasteiger partial charge on any atom is -0.386 e. The standard InChI is InChI=1S/C11H13F2NO3S2/c12-10(13)19-7-1-4-18-8(7)9(15)14-5-11(16)2-3-17-6-11/h1,4,10,16H,2-3,5-6H2,(H,14,15)/t11-/m1/s1. The van der Waals surface area contributed by atoms with Crippen molar-refractivity contribution in [1.82, 2.24) is 5.32 Å². The van der Waals surface area contributed by atoms with Crippen LogP contribution in [0.1, 0.15) is 16.1 Å². The molecule has 4 nitrogen and oxygen atoms in total. The maximum Gasteiger partial charge on any atom is 0.288 e. The van der Waals surface area contributed by atoms with E-state index in [1.807, 2.05) is 0 Å². The lowest BCUT2D eigenvalue weighted by molar-refractivity contribution is 0.0265. The van der Waals surface area contributed by atoms with Gasteiger partial charge in [-0.3, -0.25) is 4.79 Å². The van der Waals surface area contributed by atoms with Crippen molar-refractivity contribution in [3.63, 3.8) is 0 Å². The molecule has 1 aliphatic heterocycles. The van der Waals surface area contributed by atoms with Crippen molar-refractivity contribution in [3.05, 3.63) is 16.3 Å². The van der Waals surface area contributed by atoms with Gasteiger partial charge in [-0.05, 0) is 11.4 Å². The number of rotatable bonds is 5. The molecule has 8 heteroatoms. The van der Waals surface area contributed by atoms with E-state index < -0.39 is 17.3 Å². The summed E-state index contributed by atoms with van der Waals surface area (Å²) in [5.74, 6) is -3.01. The van der Waals surface area contributed by atoms with E-state index in [4.69, 9.17) is 4.74 Å². The largest absolute Gasteiger partial charge is 0.386 e. The van der Waals surface area contributed by atoms with Crippen molar-refractivity contribution in [2.45, 2.75) is 22.7 Å². The Morgan fingerprint density at radius 2 is 2.47 bits per heavy atom.